The monoisotopic (exact) mass is 276 g/mol. The third kappa shape index (κ3) is 3.92. The van der Waals surface area contributed by atoms with Crippen molar-refractivity contribution in [1.29, 1.82) is 0 Å². The fourth-order valence-corrected chi connectivity index (χ4v) is 2.99. The molecule has 0 spiro atoms. The molecule has 0 aliphatic rings. The van der Waals surface area contributed by atoms with Crippen molar-refractivity contribution in [3.63, 3.8) is 0 Å². The van der Waals surface area contributed by atoms with Gasteiger partial charge in [-0.15, -0.1) is 11.3 Å². The van der Waals surface area contributed by atoms with Crippen molar-refractivity contribution in [2.45, 2.75) is 33.2 Å². The standard InChI is InChI=1S/C14H20N4S/c1-9(7-12-6-5-10(2)19-12)16-14-8-13(15-4)17-11(3)18-14/h5-6,8-9H,7H2,1-4H3,(H2,15,16,17,18). The fourth-order valence-electron chi connectivity index (χ4n) is 1.97. The van der Waals surface area contributed by atoms with Gasteiger partial charge < -0.3 is 10.6 Å². The van der Waals surface area contributed by atoms with Gasteiger partial charge in [-0.3, -0.25) is 0 Å². The van der Waals surface area contributed by atoms with Gasteiger partial charge in [-0.05, 0) is 32.9 Å². The summed E-state index contributed by atoms with van der Waals surface area (Å²) in [5.74, 6) is 2.49. The minimum absolute atomic E-state index is 0.344. The Balaban J connectivity index is 2.02. The number of nitrogens with zero attached hydrogens (tertiary/aromatic N) is 2. The molecular weight excluding hydrogens is 256 g/mol. The van der Waals surface area contributed by atoms with E-state index < -0.39 is 0 Å². The van der Waals surface area contributed by atoms with Gasteiger partial charge in [0.25, 0.3) is 0 Å². The summed E-state index contributed by atoms with van der Waals surface area (Å²) in [5, 5.41) is 6.48. The van der Waals surface area contributed by atoms with E-state index >= 15 is 0 Å². The van der Waals surface area contributed by atoms with Crippen molar-refractivity contribution in [1.82, 2.24) is 9.97 Å². The lowest BCUT2D eigenvalue weighted by Gasteiger charge is -2.14. The van der Waals surface area contributed by atoms with Gasteiger partial charge in [0.15, 0.2) is 0 Å². The maximum atomic E-state index is 4.41. The molecule has 0 amide bonds. The van der Waals surface area contributed by atoms with Crippen LogP contribution in [-0.2, 0) is 6.42 Å². The van der Waals surface area contributed by atoms with Gasteiger partial charge >= 0.3 is 0 Å². The molecule has 0 aliphatic carbocycles. The van der Waals surface area contributed by atoms with Crippen molar-refractivity contribution in [3.8, 4) is 0 Å². The van der Waals surface area contributed by atoms with Crippen LogP contribution >= 0.6 is 11.3 Å². The van der Waals surface area contributed by atoms with Crippen LogP contribution in [0.1, 0.15) is 22.5 Å². The Morgan fingerprint density at radius 3 is 2.58 bits per heavy atom. The van der Waals surface area contributed by atoms with Crippen LogP contribution in [0, 0.1) is 13.8 Å². The summed E-state index contributed by atoms with van der Waals surface area (Å²) >= 11 is 1.85. The lowest BCUT2D eigenvalue weighted by atomic mass is 10.2. The van der Waals surface area contributed by atoms with Gasteiger partial charge in [-0.2, -0.15) is 0 Å². The highest BCUT2D eigenvalue weighted by Crippen LogP contribution is 2.18. The molecule has 0 aliphatic heterocycles. The van der Waals surface area contributed by atoms with E-state index in [0.29, 0.717) is 6.04 Å². The molecule has 1 atom stereocenters. The quantitative estimate of drug-likeness (QED) is 0.880. The van der Waals surface area contributed by atoms with Crippen molar-refractivity contribution >= 4 is 23.0 Å². The van der Waals surface area contributed by atoms with Crippen molar-refractivity contribution in [3.05, 3.63) is 33.8 Å². The van der Waals surface area contributed by atoms with Gasteiger partial charge in [0.2, 0.25) is 0 Å². The van der Waals surface area contributed by atoms with Gasteiger partial charge in [-0.25, -0.2) is 9.97 Å². The number of aryl methyl sites for hydroxylation is 2. The van der Waals surface area contributed by atoms with Crippen LogP contribution in [0.2, 0.25) is 0 Å². The molecule has 2 heterocycles. The van der Waals surface area contributed by atoms with Crippen molar-refractivity contribution < 1.29 is 0 Å². The fraction of sp³-hybridized carbons (Fsp3) is 0.429. The first-order valence-corrected chi connectivity index (χ1v) is 7.24. The third-order valence-electron chi connectivity index (χ3n) is 2.79. The lowest BCUT2D eigenvalue weighted by Crippen LogP contribution is -2.19. The topological polar surface area (TPSA) is 49.8 Å². The first kappa shape index (κ1) is 13.8. The second-order valence-electron chi connectivity index (χ2n) is 4.70. The summed E-state index contributed by atoms with van der Waals surface area (Å²) in [6.07, 6.45) is 1.01. The zero-order valence-corrected chi connectivity index (χ0v) is 12.6. The number of aromatic nitrogens is 2. The highest BCUT2D eigenvalue weighted by atomic mass is 32.1. The number of hydrogen-bond acceptors (Lipinski definition) is 5. The SMILES string of the molecule is CNc1cc(NC(C)Cc2ccc(C)s2)nc(C)n1. The Bertz CT molecular complexity index is 550. The minimum Gasteiger partial charge on any atom is -0.373 e. The molecular formula is C14H20N4S. The highest BCUT2D eigenvalue weighted by Gasteiger charge is 2.07. The van der Waals surface area contributed by atoms with Gasteiger partial charge in [0.1, 0.15) is 17.5 Å². The number of hydrogen-bond donors (Lipinski definition) is 2. The summed E-state index contributed by atoms with van der Waals surface area (Å²) in [5.41, 5.74) is 0. The average molecular weight is 276 g/mol. The predicted molar refractivity (Wildman–Crippen MR) is 82.2 cm³/mol. The van der Waals surface area contributed by atoms with E-state index in [4.69, 9.17) is 0 Å². The predicted octanol–water partition coefficient (Wildman–Crippen LogP) is 3.24. The second-order valence-corrected chi connectivity index (χ2v) is 6.07. The molecule has 102 valence electrons. The Morgan fingerprint density at radius 1 is 1.21 bits per heavy atom. The highest BCUT2D eigenvalue weighted by molar-refractivity contribution is 7.11. The lowest BCUT2D eigenvalue weighted by molar-refractivity contribution is 0.791. The molecule has 2 aromatic heterocycles. The summed E-state index contributed by atoms with van der Waals surface area (Å²) in [7, 11) is 1.86. The molecule has 0 bridgehead atoms. The van der Waals surface area contributed by atoms with Crippen molar-refractivity contribution in [2.75, 3.05) is 17.7 Å². The Hall–Kier alpha value is -1.62. The van der Waals surface area contributed by atoms with E-state index in [1.807, 2.05) is 31.4 Å². The molecule has 19 heavy (non-hydrogen) atoms. The molecule has 0 saturated heterocycles. The Morgan fingerprint density at radius 2 is 1.95 bits per heavy atom. The molecule has 2 rings (SSSR count). The summed E-state index contributed by atoms with van der Waals surface area (Å²) < 4.78 is 0. The molecule has 1 unspecified atom stereocenters. The maximum absolute atomic E-state index is 4.41. The van der Waals surface area contributed by atoms with Gasteiger partial charge in [0, 0.05) is 35.3 Å². The van der Waals surface area contributed by atoms with Gasteiger partial charge in [0.05, 0.1) is 0 Å². The number of anilines is 2. The number of rotatable bonds is 5. The zero-order valence-electron chi connectivity index (χ0n) is 11.8. The van der Waals surface area contributed by atoms with E-state index in [-0.39, 0.29) is 0 Å². The number of nitrogens with one attached hydrogen (secondary N) is 2. The molecule has 5 heteroatoms. The summed E-state index contributed by atoms with van der Waals surface area (Å²) in [4.78, 5) is 11.5. The smallest absolute Gasteiger partial charge is 0.132 e. The third-order valence-corrected chi connectivity index (χ3v) is 3.81. The molecule has 0 saturated carbocycles. The molecule has 4 nitrogen and oxygen atoms in total. The van der Waals surface area contributed by atoms with Crippen LogP contribution in [0.5, 0.6) is 0 Å². The van der Waals surface area contributed by atoms with Crippen molar-refractivity contribution in [2.24, 2.45) is 0 Å². The summed E-state index contributed by atoms with van der Waals surface area (Å²) in [6.45, 7) is 6.21. The van der Waals surface area contributed by atoms with Crippen LogP contribution in [0.15, 0.2) is 18.2 Å². The van der Waals surface area contributed by atoms with E-state index in [9.17, 15) is 0 Å². The van der Waals surface area contributed by atoms with Gasteiger partial charge in [-0.1, -0.05) is 0 Å². The Kier molecular flexibility index (Phi) is 4.37. The van der Waals surface area contributed by atoms with E-state index in [0.717, 1.165) is 23.9 Å². The molecule has 0 aromatic carbocycles. The molecule has 2 aromatic rings. The maximum Gasteiger partial charge on any atom is 0.132 e. The second kappa shape index (κ2) is 6.02. The van der Waals surface area contributed by atoms with E-state index in [1.54, 1.807) is 0 Å². The van der Waals surface area contributed by atoms with Crippen LogP contribution in [0.4, 0.5) is 11.6 Å². The average Bonchev–Trinajstić information content (AvgIpc) is 2.73. The molecule has 0 radical (unpaired) electrons. The van der Waals surface area contributed by atoms with Crippen LogP contribution in [0.3, 0.4) is 0 Å². The first-order valence-electron chi connectivity index (χ1n) is 6.42. The largest absolute Gasteiger partial charge is 0.373 e. The van der Waals surface area contributed by atoms with Crippen LogP contribution in [0.25, 0.3) is 0 Å². The molecule has 0 fully saturated rings. The minimum atomic E-state index is 0.344. The number of thiophene rings is 1. The van der Waals surface area contributed by atoms with E-state index in [1.165, 1.54) is 9.75 Å². The first-order chi connectivity index (χ1) is 9.06. The Labute approximate surface area is 118 Å². The van der Waals surface area contributed by atoms with Crippen LogP contribution in [-0.4, -0.2) is 23.1 Å². The van der Waals surface area contributed by atoms with E-state index in [2.05, 4.69) is 46.6 Å². The zero-order chi connectivity index (χ0) is 13.8. The summed E-state index contributed by atoms with van der Waals surface area (Å²) in [6, 6.07) is 6.64. The normalized spacial score (nSPS) is 12.2. The van der Waals surface area contributed by atoms with Crippen LogP contribution < -0.4 is 10.6 Å². The molecule has 2 N–H and O–H groups in total.